The molecule has 0 radical (unpaired) electrons. The predicted molar refractivity (Wildman–Crippen MR) is 87.9 cm³/mol. The molecule has 0 bridgehead atoms. The molecule has 2 aromatic heterocycles. The van der Waals surface area contributed by atoms with E-state index in [1.807, 2.05) is 4.90 Å². The zero-order chi connectivity index (χ0) is 16.0. The van der Waals surface area contributed by atoms with Gasteiger partial charge in [0.25, 0.3) is 0 Å². The molecule has 0 saturated carbocycles. The Kier molecular flexibility index (Phi) is 3.45. The molecule has 0 aromatic carbocycles. The minimum absolute atomic E-state index is 0.0458. The summed E-state index contributed by atoms with van der Waals surface area (Å²) >= 11 is 0. The number of likely N-dealkylation sites (N-methyl/N-ethyl adjacent to an activating group) is 1. The highest BCUT2D eigenvalue weighted by atomic mass is 16.2. The van der Waals surface area contributed by atoms with Crippen LogP contribution < -0.4 is 5.73 Å². The predicted octanol–water partition coefficient (Wildman–Crippen LogP) is 0.419. The van der Waals surface area contributed by atoms with Crippen LogP contribution in [0, 0.1) is 5.92 Å². The van der Waals surface area contributed by atoms with E-state index in [2.05, 4.69) is 26.9 Å². The van der Waals surface area contributed by atoms with Gasteiger partial charge in [0.05, 0.1) is 5.39 Å². The number of nitrogens with one attached hydrogen (secondary N) is 1. The number of rotatable bonds is 1. The molecule has 1 aliphatic carbocycles. The molecule has 1 fully saturated rings. The molecule has 2 aliphatic rings. The Labute approximate surface area is 134 Å². The van der Waals surface area contributed by atoms with E-state index >= 15 is 0 Å². The quantitative estimate of drug-likeness (QED) is 0.796. The highest BCUT2D eigenvalue weighted by molar-refractivity contribution is 5.91. The highest BCUT2D eigenvalue weighted by Crippen LogP contribution is 2.33. The number of hydrogen-bond acceptors (Lipinski definition) is 5. The van der Waals surface area contributed by atoms with Crippen LogP contribution in [0.2, 0.25) is 0 Å². The molecule has 1 unspecified atom stereocenters. The number of H-pyrrole nitrogens is 1. The maximum atomic E-state index is 12.8. The van der Waals surface area contributed by atoms with Crippen molar-refractivity contribution in [3.63, 3.8) is 0 Å². The summed E-state index contributed by atoms with van der Waals surface area (Å²) in [5.74, 6) is 0.832. The van der Waals surface area contributed by atoms with Crippen LogP contribution in [0.25, 0.3) is 11.0 Å². The number of nitrogen functional groups attached to an aromatic ring is 1. The van der Waals surface area contributed by atoms with Crippen LogP contribution in [0.1, 0.15) is 17.7 Å². The van der Waals surface area contributed by atoms with Gasteiger partial charge in [0.1, 0.15) is 17.8 Å². The number of carbonyl (C=O) groups excluding carboxylic acids is 1. The lowest BCUT2D eigenvalue weighted by Crippen LogP contribution is -2.49. The first-order valence-corrected chi connectivity index (χ1v) is 8.20. The second-order valence-corrected chi connectivity index (χ2v) is 6.63. The number of amides is 1. The van der Waals surface area contributed by atoms with Gasteiger partial charge in [-0.1, -0.05) is 0 Å². The first kappa shape index (κ1) is 14.4. The fourth-order valence-corrected chi connectivity index (χ4v) is 3.76. The van der Waals surface area contributed by atoms with Crippen molar-refractivity contribution in [2.75, 3.05) is 39.0 Å². The number of nitrogens with two attached hydrogens (primary N) is 1. The van der Waals surface area contributed by atoms with Crippen LogP contribution >= 0.6 is 0 Å². The molecule has 0 spiro atoms. The van der Waals surface area contributed by atoms with Crippen molar-refractivity contribution in [2.24, 2.45) is 5.92 Å². The van der Waals surface area contributed by atoms with Crippen LogP contribution in [-0.4, -0.2) is 63.9 Å². The molecule has 1 amide bonds. The third-order valence-corrected chi connectivity index (χ3v) is 5.17. The van der Waals surface area contributed by atoms with E-state index in [0.29, 0.717) is 5.82 Å². The number of hydrogen-bond donors (Lipinski definition) is 2. The lowest BCUT2D eigenvalue weighted by molar-refractivity contribution is -0.137. The van der Waals surface area contributed by atoms with Gasteiger partial charge in [-0.15, -0.1) is 0 Å². The average molecular weight is 314 g/mol. The van der Waals surface area contributed by atoms with Crippen molar-refractivity contribution in [3.8, 4) is 0 Å². The third kappa shape index (κ3) is 2.45. The molecule has 122 valence electrons. The van der Waals surface area contributed by atoms with Crippen LogP contribution in [0.4, 0.5) is 5.82 Å². The van der Waals surface area contributed by atoms with E-state index in [1.165, 1.54) is 6.33 Å². The van der Waals surface area contributed by atoms with Crippen LogP contribution in [0.3, 0.4) is 0 Å². The summed E-state index contributed by atoms with van der Waals surface area (Å²) in [6.07, 6.45) is 3.97. The number of anilines is 1. The summed E-state index contributed by atoms with van der Waals surface area (Å²) in [5, 5.41) is 0.901. The van der Waals surface area contributed by atoms with E-state index in [9.17, 15) is 4.79 Å². The van der Waals surface area contributed by atoms with Crippen LogP contribution in [-0.2, 0) is 17.6 Å². The monoisotopic (exact) mass is 314 g/mol. The van der Waals surface area contributed by atoms with Gasteiger partial charge < -0.3 is 20.5 Å². The summed E-state index contributed by atoms with van der Waals surface area (Å²) in [5.41, 5.74) is 9.12. The van der Waals surface area contributed by atoms with Crippen molar-refractivity contribution < 1.29 is 4.79 Å². The van der Waals surface area contributed by atoms with Crippen LogP contribution in [0.5, 0.6) is 0 Å². The van der Waals surface area contributed by atoms with E-state index in [1.54, 1.807) is 0 Å². The molecular weight excluding hydrogens is 292 g/mol. The van der Waals surface area contributed by atoms with E-state index in [-0.39, 0.29) is 11.8 Å². The van der Waals surface area contributed by atoms with Gasteiger partial charge in [-0.05, 0) is 31.9 Å². The first-order valence-electron chi connectivity index (χ1n) is 8.20. The molecule has 7 heteroatoms. The Morgan fingerprint density at radius 1 is 1.30 bits per heavy atom. The van der Waals surface area contributed by atoms with E-state index in [0.717, 1.165) is 67.7 Å². The highest BCUT2D eigenvalue weighted by Gasteiger charge is 2.32. The van der Waals surface area contributed by atoms with Crippen molar-refractivity contribution in [1.82, 2.24) is 24.8 Å². The van der Waals surface area contributed by atoms with Gasteiger partial charge in [0.15, 0.2) is 0 Å². The molecule has 23 heavy (non-hydrogen) atoms. The Morgan fingerprint density at radius 3 is 2.87 bits per heavy atom. The lowest BCUT2D eigenvalue weighted by atomic mass is 9.85. The summed E-state index contributed by atoms with van der Waals surface area (Å²) in [4.78, 5) is 28.8. The van der Waals surface area contributed by atoms with Crippen molar-refractivity contribution >= 4 is 22.8 Å². The largest absolute Gasteiger partial charge is 0.383 e. The Balaban J connectivity index is 1.58. The number of fused-ring (bicyclic) bond motifs is 3. The number of aromatic nitrogens is 3. The van der Waals surface area contributed by atoms with Gasteiger partial charge in [-0.2, -0.15) is 0 Å². The van der Waals surface area contributed by atoms with Gasteiger partial charge in [-0.25, -0.2) is 9.97 Å². The second kappa shape index (κ2) is 5.49. The smallest absolute Gasteiger partial charge is 0.226 e. The Morgan fingerprint density at radius 2 is 2.09 bits per heavy atom. The molecule has 1 saturated heterocycles. The van der Waals surface area contributed by atoms with E-state index < -0.39 is 0 Å². The fourth-order valence-electron chi connectivity index (χ4n) is 3.76. The summed E-state index contributed by atoms with van der Waals surface area (Å²) in [6, 6.07) is 0. The minimum atomic E-state index is 0.0458. The Hall–Kier alpha value is -2.15. The zero-order valence-corrected chi connectivity index (χ0v) is 13.4. The lowest BCUT2D eigenvalue weighted by Gasteiger charge is -2.35. The molecule has 3 N–H and O–H groups in total. The maximum Gasteiger partial charge on any atom is 0.226 e. The summed E-state index contributed by atoms with van der Waals surface area (Å²) < 4.78 is 0. The van der Waals surface area contributed by atoms with Crippen molar-refractivity contribution in [3.05, 3.63) is 17.6 Å². The van der Waals surface area contributed by atoms with Crippen LogP contribution in [0.15, 0.2) is 6.33 Å². The van der Waals surface area contributed by atoms with Crippen molar-refractivity contribution in [2.45, 2.75) is 19.3 Å². The van der Waals surface area contributed by atoms with Gasteiger partial charge in [-0.3, -0.25) is 4.79 Å². The van der Waals surface area contributed by atoms with E-state index in [4.69, 9.17) is 5.73 Å². The molecule has 3 heterocycles. The standard InChI is InChI=1S/C16H22N6O/c1-21-4-6-22(7-5-21)16(23)10-2-3-12-11(8-10)13-14(17)18-9-19-15(13)20-12/h9-10H,2-8H2,1H3,(H3,17,18,19,20). The molecular formula is C16H22N6O. The summed E-state index contributed by atoms with van der Waals surface area (Å²) in [7, 11) is 2.10. The number of aromatic amines is 1. The maximum absolute atomic E-state index is 12.8. The normalized spacial score (nSPS) is 22.3. The zero-order valence-electron chi connectivity index (χ0n) is 13.4. The molecule has 2 aromatic rings. The number of piperazine rings is 1. The van der Waals surface area contributed by atoms with Gasteiger partial charge >= 0.3 is 0 Å². The SMILES string of the molecule is CN1CCN(C(=O)C2CCc3[nH]c4ncnc(N)c4c3C2)CC1. The minimum Gasteiger partial charge on any atom is -0.383 e. The molecule has 7 nitrogen and oxygen atoms in total. The first-order chi connectivity index (χ1) is 11.1. The number of carbonyl (C=O) groups is 1. The number of nitrogens with zero attached hydrogens (tertiary/aromatic N) is 4. The number of aryl methyl sites for hydroxylation is 1. The average Bonchev–Trinajstić information content (AvgIpc) is 2.93. The van der Waals surface area contributed by atoms with Gasteiger partial charge in [0, 0.05) is 37.8 Å². The van der Waals surface area contributed by atoms with Crippen molar-refractivity contribution in [1.29, 1.82) is 0 Å². The summed E-state index contributed by atoms with van der Waals surface area (Å²) in [6.45, 7) is 3.57. The fraction of sp³-hybridized carbons (Fsp3) is 0.562. The molecule has 1 atom stereocenters. The Bertz CT molecular complexity index is 746. The third-order valence-electron chi connectivity index (χ3n) is 5.17. The molecule has 1 aliphatic heterocycles. The second-order valence-electron chi connectivity index (χ2n) is 6.63. The topological polar surface area (TPSA) is 91.1 Å². The molecule has 4 rings (SSSR count). The van der Waals surface area contributed by atoms with Gasteiger partial charge in [0.2, 0.25) is 5.91 Å².